The number of thiophene rings is 1. The lowest BCUT2D eigenvalue weighted by molar-refractivity contribution is 0.414. The monoisotopic (exact) mass is 394 g/mol. The molecule has 0 atom stereocenters. The summed E-state index contributed by atoms with van der Waals surface area (Å²) in [7, 11) is 1.68. The second kappa shape index (κ2) is 8.37. The summed E-state index contributed by atoms with van der Waals surface area (Å²) in [4.78, 5) is 5.71. The molecule has 1 aromatic carbocycles. The lowest BCUT2D eigenvalue weighted by atomic mass is 10.2. The van der Waals surface area contributed by atoms with Crippen molar-refractivity contribution in [2.24, 2.45) is 0 Å². The minimum absolute atomic E-state index is 0.733. The zero-order valence-electron chi connectivity index (χ0n) is 14.8. The number of benzene rings is 1. The van der Waals surface area contributed by atoms with Crippen LogP contribution in [-0.4, -0.2) is 26.9 Å². The van der Waals surface area contributed by atoms with Crippen LogP contribution in [0.1, 0.15) is 10.4 Å². The molecule has 136 valence electrons. The number of pyridine rings is 1. The lowest BCUT2D eigenvalue weighted by Crippen LogP contribution is -2.03. The summed E-state index contributed by atoms with van der Waals surface area (Å²) in [6.45, 7) is 0.733. The molecule has 0 radical (unpaired) electrons. The number of hydrogen-bond donors (Lipinski definition) is 0. The van der Waals surface area contributed by atoms with E-state index in [1.807, 2.05) is 36.4 Å². The Morgan fingerprint density at radius 3 is 2.81 bits per heavy atom. The van der Waals surface area contributed by atoms with E-state index in [1.165, 1.54) is 10.4 Å². The Balaban J connectivity index is 1.62. The average molecular weight is 395 g/mol. The predicted octanol–water partition coefficient (Wildman–Crippen LogP) is 4.75. The molecule has 0 amide bonds. The van der Waals surface area contributed by atoms with Crippen molar-refractivity contribution in [3.63, 3.8) is 0 Å². The topological polar surface area (TPSA) is 52.8 Å². The zero-order valence-corrected chi connectivity index (χ0v) is 16.4. The molecule has 0 aliphatic heterocycles. The van der Waals surface area contributed by atoms with Crippen molar-refractivity contribution in [1.29, 1.82) is 0 Å². The molecule has 4 rings (SSSR count). The van der Waals surface area contributed by atoms with E-state index in [0.29, 0.717) is 0 Å². The van der Waals surface area contributed by atoms with Gasteiger partial charge in [-0.2, -0.15) is 0 Å². The van der Waals surface area contributed by atoms with Crippen molar-refractivity contribution >= 4 is 23.1 Å². The number of rotatable bonds is 7. The van der Waals surface area contributed by atoms with Crippen LogP contribution in [0.25, 0.3) is 11.5 Å². The van der Waals surface area contributed by atoms with Gasteiger partial charge in [-0.1, -0.05) is 36.0 Å². The molecule has 0 bridgehead atoms. The lowest BCUT2D eigenvalue weighted by Gasteiger charge is -2.09. The molecule has 0 aliphatic carbocycles. The van der Waals surface area contributed by atoms with Crippen LogP contribution in [0.3, 0.4) is 0 Å². The number of nitrogens with zero attached hydrogens (tertiary/aromatic N) is 4. The maximum Gasteiger partial charge on any atom is 0.192 e. The summed E-state index contributed by atoms with van der Waals surface area (Å²) in [5.74, 6) is 2.45. The predicted molar refractivity (Wildman–Crippen MR) is 109 cm³/mol. The van der Waals surface area contributed by atoms with Gasteiger partial charge in [0.1, 0.15) is 11.4 Å². The van der Waals surface area contributed by atoms with Gasteiger partial charge in [-0.15, -0.1) is 21.5 Å². The third kappa shape index (κ3) is 4.20. The number of methoxy groups -OCH3 is 1. The molecule has 0 N–H and O–H groups in total. The largest absolute Gasteiger partial charge is 0.497 e. The Hall–Kier alpha value is -2.64. The Morgan fingerprint density at radius 2 is 2.04 bits per heavy atom. The summed E-state index contributed by atoms with van der Waals surface area (Å²) in [6.07, 6.45) is 1.78. The van der Waals surface area contributed by atoms with E-state index in [2.05, 4.69) is 43.3 Å². The van der Waals surface area contributed by atoms with Crippen molar-refractivity contribution in [3.8, 4) is 17.3 Å². The molecule has 4 aromatic rings. The maximum absolute atomic E-state index is 5.31. The van der Waals surface area contributed by atoms with Crippen LogP contribution < -0.4 is 4.74 Å². The highest BCUT2D eigenvalue weighted by atomic mass is 32.2. The Kier molecular flexibility index (Phi) is 5.50. The number of hydrogen-bond acceptors (Lipinski definition) is 6. The maximum atomic E-state index is 5.31. The summed E-state index contributed by atoms with van der Waals surface area (Å²) >= 11 is 3.40. The first kappa shape index (κ1) is 17.8. The van der Waals surface area contributed by atoms with Gasteiger partial charge in [-0.3, -0.25) is 9.55 Å². The molecule has 7 heteroatoms. The van der Waals surface area contributed by atoms with Gasteiger partial charge in [0.05, 0.1) is 13.7 Å². The summed E-state index contributed by atoms with van der Waals surface area (Å²) < 4.78 is 7.45. The van der Waals surface area contributed by atoms with Crippen molar-refractivity contribution in [3.05, 3.63) is 76.6 Å². The van der Waals surface area contributed by atoms with Crippen molar-refractivity contribution in [1.82, 2.24) is 19.7 Å². The average Bonchev–Trinajstić information content (AvgIpc) is 3.38. The molecule has 0 saturated carbocycles. The third-order valence-corrected chi connectivity index (χ3v) is 5.91. The van der Waals surface area contributed by atoms with Crippen molar-refractivity contribution < 1.29 is 4.74 Å². The molecule has 0 spiro atoms. The SMILES string of the molecule is COc1cccc(CSc2nnc(-c3ccccn3)n2Cc2cccs2)c1. The highest BCUT2D eigenvalue weighted by molar-refractivity contribution is 7.98. The summed E-state index contributed by atoms with van der Waals surface area (Å²) in [6, 6.07) is 18.1. The molecular formula is C20H18N4OS2. The minimum atomic E-state index is 0.733. The molecular weight excluding hydrogens is 376 g/mol. The molecule has 3 heterocycles. The van der Waals surface area contributed by atoms with Gasteiger partial charge >= 0.3 is 0 Å². The molecule has 5 nitrogen and oxygen atoms in total. The van der Waals surface area contributed by atoms with E-state index < -0.39 is 0 Å². The molecule has 0 unspecified atom stereocenters. The van der Waals surface area contributed by atoms with E-state index in [1.54, 1.807) is 36.4 Å². The first-order valence-corrected chi connectivity index (χ1v) is 10.3. The highest BCUT2D eigenvalue weighted by Crippen LogP contribution is 2.28. The summed E-state index contributed by atoms with van der Waals surface area (Å²) in [5.41, 5.74) is 2.01. The molecule has 3 aromatic heterocycles. The molecule has 0 aliphatic rings. The van der Waals surface area contributed by atoms with Crippen LogP contribution in [0, 0.1) is 0 Å². The van der Waals surface area contributed by atoms with Crippen LogP contribution in [0.15, 0.2) is 71.3 Å². The molecule has 0 saturated heterocycles. The van der Waals surface area contributed by atoms with Crippen LogP contribution in [0.4, 0.5) is 0 Å². The standard InChI is InChI=1S/C20H18N4OS2/c1-25-16-7-4-6-15(12-16)14-27-20-23-22-19(18-9-2-3-10-21-18)24(20)13-17-8-5-11-26-17/h2-12H,13-14H2,1H3. The van der Waals surface area contributed by atoms with Gasteiger partial charge in [-0.25, -0.2) is 0 Å². The van der Waals surface area contributed by atoms with Gasteiger partial charge in [-0.05, 0) is 41.3 Å². The van der Waals surface area contributed by atoms with Gasteiger partial charge in [0.25, 0.3) is 0 Å². The quantitative estimate of drug-likeness (QED) is 0.423. The van der Waals surface area contributed by atoms with E-state index in [0.717, 1.165) is 34.7 Å². The minimum Gasteiger partial charge on any atom is -0.497 e. The van der Waals surface area contributed by atoms with Gasteiger partial charge in [0.2, 0.25) is 0 Å². The fraction of sp³-hybridized carbons (Fsp3) is 0.150. The fourth-order valence-electron chi connectivity index (χ4n) is 2.69. The second-order valence-electron chi connectivity index (χ2n) is 5.83. The Bertz CT molecular complexity index is 1000. The van der Waals surface area contributed by atoms with Crippen LogP contribution in [-0.2, 0) is 12.3 Å². The van der Waals surface area contributed by atoms with Gasteiger partial charge < -0.3 is 4.74 Å². The smallest absolute Gasteiger partial charge is 0.192 e. The first-order valence-electron chi connectivity index (χ1n) is 8.46. The van der Waals surface area contributed by atoms with Crippen LogP contribution in [0.5, 0.6) is 5.75 Å². The normalized spacial score (nSPS) is 10.9. The van der Waals surface area contributed by atoms with Crippen molar-refractivity contribution in [2.45, 2.75) is 17.5 Å². The Morgan fingerprint density at radius 1 is 1.07 bits per heavy atom. The third-order valence-electron chi connectivity index (χ3n) is 4.01. The highest BCUT2D eigenvalue weighted by Gasteiger charge is 2.16. The number of aromatic nitrogens is 4. The van der Waals surface area contributed by atoms with E-state index >= 15 is 0 Å². The zero-order chi connectivity index (χ0) is 18.5. The van der Waals surface area contributed by atoms with Crippen LogP contribution >= 0.6 is 23.1 Å². The molecule has 27 heavy (non-hydrogen) atoms. The Labute approximate surface area is 166 Å². The van der Waals surface area contributed by atoms with Gasteiger partial charge in [0.15, 0.2) is 11.0 Å². The fourth-order valence-corrected chi connectivity index (χ4v) is 4.26. The molecule has 0 fully saturated rings. The van der Waals surface area contributed by atoms with Crippen molar-refractivity contribution in [2.75, 3.05) is 7.11 Å². The van der Waals surface area contributed by atoms with E-state index in [9.17, 15) is 0 Å². The van der Waals surface area contributed by atoms with Gasteiger partial charge in [0, 0.05) is 16.8 Å². The number of ether oxygens (including phenoxy) is 1. The van der Waals surface area contributed by atoms with Crippen LogP contribution in [0.2, 0.25) is 0 Å². The van der Waals surface area contributed by atoms with E-state index in [-0.39, 0.29) is 0 Å². The van der Waals surface area contributed by atoms with E-state index in [4.69, 9.17) is 4.74 Å². The first-order chi connectivity index (χ1) is 13.3. The number of thioether (sulfide) groups is 1. The second-order valence-corrected chi connectivity index (χ2v) is 7.80. The summed E-state index contributed by atoms with van der Waals surface area (Å²) in [5, 5.41) is 11.8.